The lowest BCUT2D eigenvalue weighted by molar-refractivity contribution is -0.130. The molecule has 0 bridgehead atoms. The Morgan fingerprint density at radius 2 is 2.04 bits per heavy atom. The van der Waals surface area contributed by atoms with Crippen molar-refractivity contribution >= 4 is 23.5 Å². The number of rotatable bonds is 9. The average Bonchev–Trinajstić information content (AvgIpc) is 3.00. The van der Waals surface area contributed by atoms with Crippen LogP contribution in [-0.2, 0) is 11.2 Å². The van der Waals surface area contributed by atoms with E-state index in [1.54, 1.807) is 0 Å². The fourth-order valence-electron chi connectivity index (χ4n) is 2.16. The lowest BCUT2D eigenvalue weighted by Crippen LogP contribution is -2.51. The Bertz CT molecular complexity index is 551. The number of aromatic nitrogens is 2. The minimum absolute atomic E-state index is 0.00867. The van der Waals surface area contributed by atoms with Crippen molar-refractivity contribution in [3.8, 4) is 6.01 Å². The maximum Gasteiger partial charge on any atom is 0.328 e. The topological polar surface area (TPSA) is 124 Å². The molecule has 0 fully saturated rings. The van der Waals surface area contributed by atoms with Gasteiger partial charge in [0.25, 0.3) is 0 Å². The van der Waals surface area contributed by atoms with E-state index in [9.17, 15) is 9.59 Å². The molecule has 0 aliphatic heterocycles. The molecule has 8 nitrogen and oxygen atoms in total. The van der Waals surface area contributed by atoms with Crippen molar-refractivity contribution < 1.29 is 14.3 Å². The maximum absolute atomic E-state index is 12.4. The molecule has 1 unspecified atom stereocenters. The standard InChI is InChI=1S/C15H27N5O3S/c1-5-10(3)12(16)13(21)20(14(17)22)7-6-9(2)8-11-18-15(23-4)19-24-11/h9-10,12H,5-8,16H2,1-4H3,(H2,17,22)/t9?,10-,12-/m0/s1. The first-order chi connectivity index (χ1) is 11.3. The van der Waals surface area contributed by atoms with E-state index in [2.05, 4.69) is 9.36 Å². The molecule has 3 atom stereocenters. The molecular formula is C15H27N5O3S. The van der Waals surface area contributed by atoms with Crippen LogP contribution >= 0.6 is 11.5 Å². The van der Waals surface area contributed by atoms with Crippen molar-refractivity contribution in [1.82, 2.24) is 14.3 Å². The van der Waals surface area contributed by atoms with Gasteiger partial charge in [0, 0.05) is 13.0 Å². The molecule has 0 radical (unpaired) electrons. The average molecular weight is 357 g/mol. The van der Waals surface area contributed by atoms with Crippen molar-refractivity contribution in [3.05, 3.63) is 5.01 Å². The summed E-state index contributed by atoms with van der Waals surface area (Å²) in [7, 11) is 1.52. The van der Waals surface area contributed by atoms with E-state index in [0.717, 1.165) is 16.3 Å². The van der Waals surface area contributed by atoms with E-state index in [4.69, 9.17) is 16.2 Å². The van der Waals surface area contributed by atoms with Crippen LogP contribution in [0.5, 0.6) is 6.01 Å². The molecule has 24 heavy (non-hydrogen) atoms. The molecule has 3 amide bonds. The van der Waals surface area contributed by atoms with Crippen LogP contribution in [-0.4, -0.2) is 45.9 Å². The number of ether oxygens (including phenoxy) is 1. The summed E-state index contributed by atoms with van der Waals surface area (Å²) in [6.07, 6.45) is 2.07. The molecule has 1 aromatic rings. The lowest BCUT2D eigenvalue weighted by atomic mass is 9.98. The fourth-order valence-corrected chi connectivity index (χ4v) is 2.94. The molecular weight excluding hydrogens is 330 g/mol. The Labute approximate surface area is 146 Å². The van der Waals surface area contributed by atoms with Gasteiger partial charge in [-0.1, -0.05) is 27.2 Å². The number of urea groups is 1. The van der Waals surface area contributed by atoms with E-state index in [1.165, 1.54) is 18.6 Å². The van der Waals surface area contributed by atoms with Crippen LogP contribution in [0, 0.1) is 11.8 Å². The highest BCUT2D eigenvalue weighted by atomic mass is 32.1. The van der Waals surface area contributed by atoms with E-state index >= 15 is 0 Å². The second-order valence-electron chi connectivity index (χ2n) is 6.01. The number of primary amides is 1. The zero-order valence-corrected chi connectivity index (χ0v) is 15.5. The Hall–Kier alpha value is -1.74. The molecule has 0 spiro atoms. The number of nitrogens with zero attached hydrogens (tertiary/aromatic N) is 3. The second kappa shape index (κ2) is 9.53. The highest BCUT2D eigenvalue weighted by Gasteiger charge is 2.28. The maximum atomic E-state index is 12.4. The van der Waals surface area contributed by atoms with Crippen molar-refractivity contribution in [1.29, 1.82) is 0 Å². The largest absolute Gasteiger partial charge is 0.466 e. The summed E-state index contributed by atoms with van der Waals surface area (Å²) in [4.78, 5) is 29.2. The van der Waals surface area contributed by atoms with Gasteiger partial charge in [-0.25, -0.2) is 4.79 Å². The van der Waals surface area contributed by atoms with Crippen LogP contribution in [0.2, 0.25) is 0 Å². The number of carbonyl (C=O) groups is 2. The summed E-state index contributed by atoms with van der Waals surface area (Å²) in [6.45, 7) is 6.10. The van der Waals surface area contributed by atoms with E-state index < -0.39 is 18.0 Å². The first-order valence-electron chi connectivity index (χ1n) is 8.03. The van der Waals surface area contributed by atoms with Crippen molar-refractivity contribution in [2.45, 2.75) is 46.1 Å². The zero-order valence-electron chi connectivity index (χ0n) is 14.7. The van der Waals surface area contributed by atoms with Crippen LogP contribution in [0.3, 0.4) is 0 Å². The highest BCUT2D eigenvalue weighted by Crippen LogP contribution is 2.17. The van der Waals surface area contributed by atoms with Crippen LogP contribution in [0.4, 0.5) is 4.79 Å². The molecule has 136 valence electrons. The van der Waals surface area contributed by atoms with Gasteiger partial charge in [0.15, 0.2) is 0 Å². The predicted octanol–water partition coefficient (Wildman–Crippen LogP) is 1.40. The summed E-state index contributed by atoms with van der Waals surface area (Å²) in [5.41, 5.74) is 11.3. The summed E-state index contributed by atoms with van der Waals surface area (Å²) >= 11 is 1.28. The molecule has 0 aliphatic carbocycles. The van der Waals surface area contributed by atoms with Gasteiger partial charge in [0.1, 0.15) is 5.01 Å². The highest BCUT2D eigenvalue weighted by molar-refractivity contribution is 7.05. The number of hydrogen-bond acceptors (Lipinski definition) is 7. The SMILES string of the molecule is CC[C@H](C)[C@H](N)C(=O)N(CCC(C)Cc1nc(OC)ns1)C(N)=O. The minimum Gasteiger partial charge on any atom is -0.466 e. The molecule has 0 saturated heterocycles. The molecule has 0 saturated carbocycles. The van der Waals surface area contributed by atoms with E-state index in [1.807, 2.05) is 20.8 Å². The third-order valence-corrected chi connectivity index (χ3v) is 4.79. The number of nitrogens with two attached hydrogens (primary N) is 2. The number of hydrogen-bond donors (Lipinski definition) is 2. The van der Waals surface area contributed by atoms with Gasteiger partial charge in [0.05, 0.1) is 13.2 Å². The number of methoxy groups -OCH3 is 1. The first kappa shape index (κ1) is 20.3. The molecule has 0 aliphatic rings. The monoisotopic (exact) mass is 357 g/mol. The predicted molar refractivity (Wildman–Crippen MR) is 92.7 cm³/mol. The van der Waals surface area contributed by atoms with Gasteiger partial charge in [-0.05, 0) is 29.8 Å². The van der Waals surface area contributed by atoms with Crippen molar-refractivity contribution in [2.75, 3.05) is 13.7 Å². The fraction of sp³-hybridized carbons (Fsp3) is 0.733. The zero-order chi connectivity index (χ0) is 18.3. The summed E-state index contributed by atoms with van der Waals surface area (Å²) in [5.74, 6) is -0.218. The molecule has 9 heteroatoms. The van der Waals surface area contributed by atoms with Crippen LogP contribution in [0.1, 0.15) is 38.6 Å². The van der Waals surface area contributed by atoms with Gasteiger partial charge in [0.2, 0.25) is 5.91 Å². The molecule has 1 heterocycles. The summed E-state index contributed by atoms with van der Waals surface area (Å²) < 4.78 is 9.00. The van der Waals surface area contributed by atoms with Gasteiger partial charge in [-0.2, -0.15) is 4.98 Å². The number of imide groups is 1. The van der Waals surface area contributed by atoms with Crippen molar-refractivity contribution in [2.24, 2.45) is 23.3 Å². The van der Waals surface area contributed by atoms with Gasteiger partial charge in [-0.15, -0.1) is 4.37 Å². The van der Waals surface area contributed by atoms with Crippen LogP contribution in [0.15, 0.2) is 0 Å². The van der Waals surface area contributed by atoms with E-state index in [-0.39, 0.29) is 18.4 Å². The lowest BCUT2D eigenvalue weighted by Gasteiger charge is -2.26. The van der Waals surface area contributed by atoms with Crippen molar-refractivity contribution in [3.63, 3.8) is 0 Å². The minimum atomic E-state index is -0.761. The Balaban J connectivity index is 2.59. The van der Waals surface area contributed by atoms with Crippen LogP contribution in [0.25, 0.3) is 0 Å². The third kappa shape index (κ3) is 5.72. The smallest absolute Gasteiger partial charge is 0.328 e. The Morgan fingerprint density at radius 3 is 2.54 bits per heavy atom. The molecule has 4 N–H and O–H groups in total. The summed E-state index contributed by atoms with van der Waals surface area (Å²) in [5, 5.41) is 0.854. The van der Waals surface area contributed by atoms with Gasteiger partial charge >= 0.3 is 12.0 Å². The normalized spacial score (nSPS) is 14.7. The number of amides is 3. The van der Waals surface area contributed by atoms with Crippen LogP contribution < -0.4 is 16.2 Å². The molecule has 0 aromatic carbocycles. The third-order valence-electron chi connectivity index (χ3n) is 4.07. The first-order valence-corrected chi connectivity index (χ1v) is 8.80. The number of carbonyl (C=O) groups excluding carboxylic acids is 2. The molecule has 1 rings (SSSR count). The Morgan fingerprint density at radius 1 is 1.38 bits per heavy atom. The quantitative estimate of drug-likeness (QED) is 0.688. The second-order valence-corrected chi connectivity index (χ2v) is 6.85. The van der Waals surface area contributed by atoms with E-state index in [0.29, 0.717) is 18.9 Å². The van der Waals surface area contributed by atoms with Gasteiger partial charge in [-0.3, -0.25) is 9.69 Å². The van der Waals surface area contributed by atoms with Gasteiger partial charge < -0.3 is 16.2 Å². The Kier molecular flexibility index (Phi) is 8.06. The summed E-state index contributed by atoms with van der Waals surface area (Å²) in [6, 6.07) is -1.12. The molecule has 1 aromatic heterocycles.